The number of ketones is 1. The van der Waals surface area contributed by atoms with Crippen LogP contribution in [0.4, 0.5) is 0 Å². The monoisotopic (exact) mass is 216 g/mol. The van der Waals surface area contributed by atoms with E-state index in [0.29, 0.717) is 16.7 Å². The standard InChI is InChI=1S/C13H12O3/c1-7-4-5-11-10(6-7)13(15)12(8(2)14)9(3)16-11/h4-6H,1-3H3. The number of hydrogen-bond donors (Lipinski definition) is 0. The van der Waals surface area contributed by atoms with Crippen molar-refractivity contribution in [3.8, 4) is 0 Å². The quantitative estimate of drug-likeness (QED) is 0.688. The number of carbonyl (C=O) groups is 1. The highest BCUT2D eigenvalue weighted by molar-refractivity contribution is 5.97. The van der Waals surface area contributed by atoms with Crippen LogP contribution in [-0.2, 0) is 0 Å². The van der Waals surface area contributed by atoms with Crippen molar-refractivity contribution in [2.24, 2.45) is 0 Å². The van der Waals surface area contributed by atoms with Gasteiger partial charge in [-0.2, -0.15) is 0 Å². The van der Waals surface area contributed by atoms with Gasteiger partial charge in [-0.25, -0.2) is 0 Å². The predicted molar refractivity (Wildman–Crippen MR) is 62.0 cm³/mol. The molecule has 1 aromatic carbocycles. The van der Waals surface area contributed by atoms with E-state index in [1.807, 2.05) is 13.0 Å². The molecule has 0 unspecified atom stereocenters. The van der Waals surface area contributed by atoms with Crippen molar-refractivity contribution in [2.75, 3.05) is 0 Å². The number of fused-ring (bicyclic) bond motifs is 1. The van der Waals surface area contributed by atoms with Crippen LogP contribution in [0.1, 0.15) is 28.6 Å². The van der Waals surface area contributed by atoms with Crippen molar-refractivity contribution >= 4 is 16.8 Å². The Hall–Kier alpha value is -1.90. The van der Waals surface area contributed by atoms with Gasteiger partial charge in [0.25, 0.3) is 0 Å². The Balaban J connectivity index is 2.96. The second-order valence-corrected chi connectivity index (χ2v) is 3.92. The maximum absolute atomic E-state index is 12.1. The molecule has 0 saturated heterocycles. The molecule has 0 amide bonds. The third-order valence-corrected chi connectivity index (χ3v) is 2.57. The summed E-state index contributed by atoms with van der Waals surface area (Å²) >= 11 is 0. The molecule has 0 aliphatic heterocycles. The zero-order valence-corrected chi connectivity index (χ0v) is 9.46. The maximum Gasteiger partial charge on any atom is 0.203 e. The van der Waals surface area contributed by atoms with Crippen LogP contribution in [0.5, 0.6) is 0 Å². The zero-order valence-electron chi connectivity index (χ0n) is 9.46. The van der Waals surface area contributed by atoms with Crippen LogP contribution in [-0.4, -0.2) is 5.78 Å². The van der Waals surface area contributed by atoms with Crippen molar-refractivity contribution < 1.29 is 9.21 Å². The highest BCUT2D eigenvalue weighted by Gasteiger charge is 2.14. The van der Waals surface area contributed by atoms with Crippen LogP contribution < -0.4 is 5.43 Å². The van der Waals surface area contributed by atoms with Crippen molar-refractivity contribution in [3.63, 3.8) is 0 Å². The molecular weight excluding hydrogens is 204 g/mol. The van der Waals surface area contributed by atoms with Crippen molar-refractivity contribution in [3.05, 3.63) is 45.3 Å². The predicted octanol–water partition coefficient (Wildman–Crippen LogP) is 2.61. The van der Waals surface area contributed by atoms with E-state index in [2.05, 4.69) is 0 Å². The van der Waals surface area contributed by atoms with E-state index in [1.165, 1.54) is 6.92 Å². The summed E-state index contributed by atoms with van der Waals surface area (Å²) in [6.07, 6.45) is 0. The fourth-order valence-corrected chi connectivity index (χ4v) is 1.83. The summed E-state index contributed by atoms with van der Waals surface area (Å²) in [5, 5.41) is 0.468. The van der Waals surface area contributed by atoms with E-state index < -0.39 is 0 Å². The van der Waals surface area contributed by atoms with E-state index in [0.717, 1.165) is 5.56 Å². The highest BCUT2D eigenvalue weighted by Crippen LogP contribution is 2.16. The van der Waals surface area contributed by atoms with Gasteiger partial charge < -0.3 is 4.42 Å². The molecule has 2 rings (SSSR count). The molecule has 0 N–H and O–H groups in total. The first-order valence-corrected chi connectivity index (χ1v) is 5.05. The third kappa shape index (κ3) is 1.54. The molecule has 1 heterocycles. The van der Waals surface area contributed by atoms with Gasteiger partial charge in [0.1, 0.15) is 16.9 Å². The van der Waals surface area contributed by atoms with E-state index in [1.54, 1.807) is 19.1 Å². The van der Waals surface area contributed by atoms with Crippen LogP contribution in [0.25, 0.3) is 11.0 Å². The first-order chi connectivity index (χ1) is 7.50. The molecule has 0 spiro atoms. The second kappa shape index (κ2) is 3.59. The topological polar surface area (TPSA) is 47.3 Å². The van der Waals surface area contributed by atoms with Gasteiger partial charge in [0.15, 0.2) is 5.78 Å². The van der Waals surface area contributed by atoms with Gasteiger partial charge in [-0.3, -0.25) is 9.59 Å². The second-order valence-electron chi connectivity index (χ2n) is 3.92. The molecule has 16 heavy (non-hydrogen) atoms. The number of benzene rings is 1. The van der Waals surface area contributed by atoms with Crippen molar-refractivity contribution in [2.45, 2.75) is 20.8 Å². The van der Waals surface area contributed by atoms with Gasteiger partial charge in [0, 0.05) is 0 Å². The number of carbonyl (C=O) groups excluding carboxylic acids is 1. The Morgan fingerprint density at radius 2 is 1.94 bits per heavy atom. The first-order valence-electron chi connectivity index (χ1n) is 5.05. The van der Waals surface area contributed by atoms with E-state index in [9.17, 15) is 9.59 Å². The SMILES string of the molecule is CC(=O)c1c(C)oc2ccc(C)cc2c1=O. The molecule has 0 saturated carbocycles. The van der Waals surface area contributed by atoms with Crippen LogP contribution in [0, 0.1) is 13.8 Å². The summed E-state index contributed by atoms with van der Waals surface area (Å²) in [4.78, 5) is 23.4. The number of hydrogen-bond acceptors (Lipinski definition) is 3. The lowest BCUT2D eigenvalue weighted by Gasteiger charge is -2.04. The summed E-state index contributed by atoms with van der Waals surface area (Å²) < 4.78 is 5.47. The minimum Gasteiger partial charge on any atom is -0.460 e. The molecule has 0 bridgehead atoms. The third-order valence-electron chi connectivity index (χ3n) is 2.57. The largest absolute Gasteiger partial charge is 0.460 e. The lowest BCUT2D eigenvalue weighted by atomic mass is 10.1. The molecule has 3 heteroatoms. The Labute approximate surface area is 92.7 Å². The van der Waals surface area contributed by atoms with Gasteiger partial charge in [0.2, 0.25) is 5.43 Å². The lowest BCUT2D eigenvalue weighted by molar-refractivity contribution is 0.101. The number of Topliss-reactive ketones (excluding diaryl/α,β-unsaturated/α-hetero) is 1. The summed E-state index contributed by atoms with van der Waals surface area (Å²) in [5.74, 6) is 0.128. The van der Waals surface area contributed by atoms with Gasteiger partial charge in [0.05, 0.1) is 5.39 Å². The van der Waals surface area contributed by atoms with E-state index in [4.69, 9.17) is 4.42 Å². The Morgan fingerprint density at radius 1 is 1.25 bits per heavy atom. The van der Waals surface area contributed by atoms with E-state index >= 15 is 0 Å². The van der Waals surface area contributed by atoms with Crippen LogP contribution >= 0.6 is 0 Å². The van der Waals surface area contributed by atoms with Gasteiger partial charge in [-0.05, 0) is 32.9 Å². The minimum atomic E-state index is -0.255. The van der Waals surface area contributed by atoms with Gasteiger partial charge >= 0.3 is 0 Å². The number of aryl methyl sites for hydroxylation is 2. The summed E-state index contributed by atoms with van der Waals surface area (Å²) in [6.45, 7) is 4.91. The van der Waals surface area contributed by atoms with E-state index in [-0.39, 0.29) is 16.8 Å². The van der Waals surface area contributed by atoms with Crippen LogP contribution in [0.3, 0.4) is 0 Å². The first kappa shape index (κ1) is 10.6. The average molecular weight is 216 g/mol. The van der Waals surface area contributed by atoms with Crippen LogP contribution in [0.15, 0.2) is 27.4 Å². The molecule has 2 aromatic rings. The molecule has 0 fully saturated rings. The summed E-state index contributed by atoms with van der Waals surface area (Å²) in [5.41, 5.74) is 1.41. The number of rotatable bonds is 1. The molecule has 82 valence electrons. The molecule has 3 nitrogen and oxygen atoms in total. The Morgan fingerprint density at radius 3 is 2.56 bits per heavy atom. The highest BCUT2D eigenvalue weighted by atomic mass is 16.3. The van der Waals surface area contributed by atoms with Crippen molar-refractivity contribution in [1.82, 2.24) is 0 Å². The molecule has 0 aliphatic rings. The molecule has 0 radical (unpaired) electrons. The molecular formula is C13H12O3. The Bertz CT molecular complexity index is 635. The minimum absolute atomic E-state index is 0.151. The summed E-state index contributed by atoms with van der Waals surface area (Å²) in [7, 11) is 0. The molecule has 0 atom stereocenters. The molecule has 0 aliphatic carbocycles. The molecule has 1 aromatic heterocycles. The fourth-order valence-electron chi connectivity index (χ4n) is 1.83. The smallest absolute Gasteiger partial charge is 0.203 e. The van der Waals surface area contributed by atoms with Crippen LogP contribution in [0.2, 0.25) is 0 Å². The lowest BCUT2D eigenvalue weighted by Crippen LogP contribution is -2.15. The van der Waals surface area contributed by atoms with Gasteiger partial charge in [-0.15, -0.1) is 0 Å². The summed E-state index contributed by atoms with van der Waals surface area (Å²) in [6, 6.07) is 5.37. The fraction of sp³-hybridized carbons (Fsp3) is 0.231. The van der Waals surface area contributed by atoms with Crippen molar-refractivity contribution in [1.29, 1.82) is 0 Å². The Kier molecular flexibility index (Phi) is 2.38. The average Bonchev–Trinajstić information content (AvgIpc) is 2.19. The zero-order chi connectivity index (χ0) is 11.9. The normalized spacial score (nSPS) is 10.7. The maximum atomic E-state index is 12.1. The van der Waals surface area contributed by atoms with Gasteiger partial charge in [-0.1, -0.05) is 11.6 Å².